The summed E-state index contributed by atoms with van der Waals surface area (Å²) >= 11 is 0. The molecule has 0 spiro atoms. The van der Waals surface area contributed by atoms with Crippen LogP contribution in [0.5, 0.6) is 0 Å². The average Bonchev–Trinajstić information content (AvgIpc) is 2.84. The highest BCUT2D eigenvalue weighted by Gasteiger charge is 2.75. The number of Topliss-reactive ketones (excluding diaryl/α,β-unsaturated/α-hetero) is 1. The van der Waals surface area contributed by atoms with E-state index in [9.17, 15) is 25.2 Å². The van der Waals surface area contributed by atoms with Gasteiger partial charge in [0.2, 0.25) is 0 Å². The summed E-state index contributed by atoms with van der Waals surface area (Å²) in [5.41, 5.74) is -4.94. The van der Waals surface area contributed by atoms with Gasteiger partial charge in [0.15, 0.2) is 11.5 Å². The molecule has 0 aliphatic heterocycles. The molecule has 0 saturated heterocycles. The molecule has 5 nitrogen and oxygen atoms in total. The Kier molecular flexibility index (Phi) is 4.31. The van der Waals surface area contributed by atoms with Crippen molar-refractivity contribution in [2.24, 2.45) is 28.6 Å². The molecule has 28 heavy (non-hydrogen) atoms. The zero-order valence-corrected chi connectivity index (χ0v) is 16.7. The van der Waals surface area contributed by atoms with Crippen molar-refractivity contribution < 1.29 is 29.6 Å². The molecular formula is C22H31FO5. The van der Waals surface area contributed by atoms with Crippen LogP contribution in [0, 0.1) is 28.6 Å². The van der Waals surface area contributed by atoms with Crippen molar-refractivity contribution in [1.29, 1.82) is 0 Å². The number of carbonyl (C=O) groups excluding carboxylic acids is 1. The number of rotatable bonds is 2. The second-order valence-electron chi connectivity index (χ2n) is 9.89. The standard InChI is InChI=1S/C22H31FO5/c1-12-8-16-15-5-4-13-9-14(25)6-7-19(13,2)21(15,23)17(26)10-20(16,3)22(12,28)18(27)11-24/h6-7,9,12,14-17,24-26,28H,4-5,8,10-11H2,1-3H3. The predicted octanol–water partition coefficient (Wildman–Crippen LogP) is 1.69. The third-order valence-electron chi connectivity index (χ3n) is 8.89. The number of hydrogen-bond acceptors (Lipinski definition) is 5. The van der Waals surface area contributed by atoms with E-state index in [-0.39, 0.29) is 12.3 Å². The first kappa shape index (κ1) is 20.2. The molecule has 156 valence electrons. The zero-order valence-electron chi connectivity index (χ0n) is 16.7. The first-order valence-corrected chi connectivity index (χ1v) is 10.3. The van der Waals surface area contributed by atoms with Gasteiger partial charge in [0, 0.05) is 16.7 Å². The van der Waals surface area contributed by atoms with Gasteiger partial charge < -0.3 is 20.4 Å². The van der Waals surface area contributed by atoms with E-state index in [0.717, 1.165) is 5.57 Å². The number of allylic oxidation sites excluding steroid dienone is 2. The van der Waals surface area contributed by atoms with Crippen molar-refractivity contribution in [3.8, 4) is 0 Å². The molecule has 9 atom stereocenters. The van der Waals surface area contributed by atoms with Gasteiger partial charge in [-0.2, -0.15) is 0 Å². The number of halogens is 1. The Hall–Kier alpha value is -1.08. The van der Waals surface area contributed by atoms with Crippen molar-refractivity contribution in [1.82, 2.24) is 0 Å². The summed E-state index contributed by atoms with van der Waals surface area (Å²) < 4.78 is 16.9. The van der Waals surface area contributed by atoms with E-state index in [4.69, 9.17) is 0 Å². The molecule has 4 N–H and O–H groups in total. The summed E-state index contributed by atoms with van der Waals surface area (Å²) in [6, 6.07) is 0. The number of ketones is 1. The number of aliphatic hydroxyl groups excluding tert-OH is 3. The lowest BCUT2D eigenvalue weighted by atomic mass is 9.44. The first-order chi connectivity index (χ1) is 13.0. The molecule has 0 heterocycles. The van der Waals surface area contributed by atoms with Gasteiger partial charge in [0.05, 0.1) is 12.2 Å². The minimum absolute atomic E-state index is 0.0451. The van der Waals surface area contributed by atoms with Crippen LogP contribution in [-0.4, -0.2) is 56.3 Å². The Labute approximate surface area is 165 Å². The number of hydrogen-bond donors (Lipinski definition) is 4. The van der Waals surface area contributed by atoms with Gasteiger partial charge in [-0.15, -0.1) is 0 Å². The van der Waals surface area contributed by atoms with Crippen LogP contribution in [0.4, 0.5) is 4.39 Å². The van der Waals surface area contributed by atoms with Crippen molar-refractivity contribution in [3.05, 3.63) is 23.8 Å². The van der Waals surface area contributed by atoms with E-state index in [0.29, 0.717) is 19.3 Å². The fourth-order valence-corrected chi connectivity index (χ4v) is 7.38. The molecule has 0 aromatic heterocycles. The van der Waals surface area contributed by atoms with Crippen LogP contribution >= 0.6 is 0 Å². The molecule has 4 aliphatic carbocycles. The van der Waals surface area contributed by atoms with Crippen LogP contribution in [0.25, 0.3) is 0 Å². The maximum Gasteiger partial charge on any atom is 0.190 e. The van der Waals surface area contributed by atoms with Crippen molar-refractivity contribution in [3.63, 3.8) is 0 Å². The second-order valence-corrected chi connectivity index (χ2v) is 9.89. The van der Waals surface area contributed by atoms with E-state index >= 15 is 4.39 Å². The van der Waals surface area contributed by atoms with Gasteiger partial charge in [0.25, 0.3) is 0 Å². The molecular weight excluding hydrogens is 363 g/mol. The lowest BCUT2D eigenvalue weighted by molar-refractivity contribution is -0.219. The molecule has 0 radical (unpaired) electrons. The molecule has 0 bridgehead atoms. The lowest BCUT2D eigenvalue weighted by Gasteiger charge is -2.62. The number of carbonyl (C=O) groups is 1. The molecule has 4 rings (SSSR count). The summed E-state index contributed by atoms with van der Waals surface area (Å²) in [5, 5.41) is 42.0. The first-order valence-electron chi connectivity index (χ1n) is 10.3. The summed E-state index contributed by atoms with van der Waals surface area (Å²) in [6.45, 7) is 4.56. The van der Waals surface area contributed by atoms with Crippen molar-refractivity contribution in [2.45, 2.75) is 69.9 Å². The van der Waals surface area contributed by atoms with Crippen LogP contribution in [0.1, 0.15) is 46.5 Å². The van der Waals surface area contributed by atoms with Gasteiger partial charge in [0.1, 0.15) is 12.2 Å². The third kappa shape index (κ3) is 2.07. The molecule has 3 fully saturated rings. The van der Waals surface area contributed by atoms with Gasteiger partial charge in [-0.25, -0.2) is 4.39 Å². The molecule has 9 unspecified atom stereocenters. The monoisotopic (exact) mass is 394 g/mol. The van der Waals surface area contributed by atoms with Gasteiger partial charge in [-0.1, -0.05) is 37.6 Å². The largest absolute Gasteiger partial charge is 0.390 e. The minimum atomic E-state index is -1.94. The summed E-state index contributed by atoms with van der Waals surface area (Å²) in [5.74, 6) is -1.88. The van der Waals surface area contributed by atoms with E-state index in [2.05, 4.69) is 0 Å². The fraction of sp³-hybridized carbons (Fsp3) is 0.773. The molecule has 6 heteroatoms. The quantitative estimate of drug-likeness (QED) is 0.535. The highest BCUT2D eigenvalue weighted by atomic mass is 19.1. The fourth-order valence-electron chi connectivity index (χ4n) is 7.38. The molecule has 0 amide bonds. The zero-order chi connectivity index (χ0) is 20.7. The topological polar surface area (TPSA) is 98.0 Å². The average molecular weight is 394 g/mol. The maximum atomic E-state index is 16.9. The molecule has 4 aliphatic rings. The van der Waals surface area contributed by atoms with E-state index in [1.807, 2.05) is 0 Å². The van der Waals surface area contributed by atoms with Crippen molar-refractivity contribution in [2.75, 3.05) is 6.61 Å². The van der Waals surface area contributed by atoms with Crippen LogP contribution in [0.3, 0.4) is 0 Å². The highest BCUT2D eigenvalue weighted by molar-refractivity contribution is 5.90. The van der Waals surface area contributed by atoms with Gasteiger partial charge >= 0.3 is 0 Å². The maximum absolute atomic E-state index is 16.9. The Balaban J connectivity index is 1.83. The lowest BCUT2D eigenvalue weighted by Crippen LogP contribution is -2.69. The van der Waals surface area contributed by atoms with Crippen LogP contribution in [-0.2, 0) is 4.79 Å². The SMILES string of the molecule is CC1CC2C3CCC4=CC(O)C=CC4(C)C3(F)C(O)CC2(C)C1(O)C(=O)CO. The Bertz CT molecular complexity index is 764. The summed E-state index contributed by atoms with van der Waals surface area (Å²) in [7, 11) is 0. The molecule has 0 aromatic rings. The normalized spacial score (nSPS) is 55.1. The third-order valence-corrected chi connectivity index (χ3v) is 8.89. The predicted molar refractivity (Wildman–Crippen MR) is 101 cm³/mol. The number of aliphatic hydroxyl groups is 4. The van der Waals surface area contributed by atoms with Gasteiger partial charge in [-0.05, 0) is 44.4 Å². The number of fused-ring (bicyclic) bond motifs is 5. The van der Waals surface area contributed by atoms with Crippen LogP contribution in [0.2, 0.25) is 0 Å². The number of alkyl halides is 1. The Morgan fingerprint density at radius 2 is 1.96 bits per heavy atom. The Morgan fingerprint density at radius 1 is 1.29 bits per heavy atom. The molecule has 3 saturated carbocycles. The second kappa shape index (κ2) is 5.97. The van der Waals surface area contributed by atoms with E-state index in [1.54, 1.807) is 39.0 Å². The van der Waals surface area contributed by atoms with Crippen molar-refractivity contribution >= 4 is 5.78 Å². The molecule has 0 aromatic carbocycles. The highest BCUT2D eigenvalue weighted by Crippen LogP contribution is 2.70. The summed E-state index contributed by atoms with van der Waals surface area (Å²) in [6.07, 6.45) is 4.36. The van der Waals surface area contributed by atoms with Gasteiger partial charge in [-0.3, -0.25) is 4.79 Å². The van der Waals surface area contributed by atoms with E-state index < -0.39 is 58.5 Å². The smallest absolute Gasteiger partial charge is 0.190 e. The van der Waals surface area contributed by atoms with Crippen LogP contribution in [0.15, 0.2) is 23.8 Å². The van der Waals surface area contributed by atoms with Crippen LogP contribution < -0.4 is 0 Å². The van der Waals surface area contributed by atoms with E-state index in [1.165, 1.54) is 0 Å². The summed E-state index contributed by atoms with van der Waals surface area (Å²) in [4.78, 5) is 12.6. The minimum Gasteiger partial charge on any atom is -0.390 e. The Morgan fingerprint density at radius 3 is 2.61 bits per heavy atom.